The van der Waals surface area contributed by atoms with Crippen molar-refractivity contribution in [2.24, 2.45) is 0 Å². The van der Waals surface area contributed by atoms with Crippen LogP contribution in [0.2, 0.25) is 10.0 Å². The summed E-state index contributed by atoms with van der Waals surface area (Å²) in [5.74, 6) is 1.02. The number of carbonyl (C=O) groups is 1. The topological polar surface area (TPSA) is 47.6 Å². The number of halogens is 2. The summed E-state index contributed by atoms with van der Waals surface area (Å²) >= 11 is 12.1. The lowest BCUT2D eigenvalue weighted by Crippen LogP contribution is -2.23. The quantitative estimate of drug-likeness (QED) is 0.886. The Kier molecular flexibility index (Phi) is 4.37. The fraction of sp³-hybridized carbons (Fsp3) is 0.235. The second kappa shape index (κ2) is 6.30. The van der Waals surface area contributed by atoms with Gasteiger partial charge in [-0.25, -0.2) is 0 Å². The zero-order valence-corrected chi connectivity index (χ0v) is 14.2. The lowest BCUT2D eigenvalue weighted by atomic mass is 9.84. The molecular formula is C17H15Cl2NO3. The third-order valence-corrected chi connectivity index (χ3v) is 4.68. The fourth-order valence-electron chi connectivity index (χ4n) is 2.81. The minimum Gasteiger partial charge on any atom is -0.493 e. The van der Waals surface area contributed by atoms with Crippen molar-refractivity contribution in [1.82, 2.24) is 0 Å². The van der Waals surface area contributed by atoms with Crippen molar-refractivity contribution >= 4 is 34.8 Å². The minimum atomic E-state index is -0.117. The first-order chi connectivity index (χ1) is 11.0. The van der Waals surface area contributed by atoms with Crippen molar-refractivity contribution < 1.29 is 14.3 Å². The number of fused-ring (bicyclic) bond motifs is 1. The van der Waals surface area contributed by atoms with E-state index in [1.165, 1.54) is 0 Å². The van der Waals surface area contributed by atoms with Crippen molar-refractivity contribution in [3.05, 3.63) is 51.5 Å². The monoisotopic (exact) mass is 351 g/mol. The molecule has 0 aromatic heterocycles. The normalized spacial score (nSPS) is 16.5. The molecule has 0 aliphatic carbocycles. The molecule has 23 heavy (non-hydrogen) atoms. The summed E-state index contributed by atoms with van der Waals surface area (Å²) in [5.41, 5.74) is 2.61. The predicted octanol–water partition coefficient (Wildman–Crippen LogP) is 4.48. The van der Waals surface area contributed by atoms with Gasteiger partial charge < -0.3 is 14.8 Å². The highest BCUT2D eigenvalue weighted by atomic mass is 35.5. The maximum Gasteiger partial charge on any atom is 0.225 e. The minimum absolute atomic E-state index is 0.0548. The Bertz CT molecular complexity index is 777. The van der Waals surface area contributed by atoms with Crippen molar-refractivity contribution in [2.45, 2.75) is 12.3 Å². The van der Waals surface area contributed by atoms with Gasteiger partial charge in [-0.2, -0.15) is 0 Å². The van der Waals surface area contributed by atoms with Gasteiger partial charge in [0, 0.05) is 24.1 Å². The van der Waals surface area contributed by atoms with E-state index in [0.29, 0.717) is 28.0 Å². The highest BCUT2D eigenvalue weighted by molar-refractivity contribution is 6.42. The molecule has 0 radical (unpaired) electrons. The van der Waals surface area contributed by atoms with Crippen LogP contribution in [0.3, 0.4) is 0 Å². The van der Waals surface area contributed by atoms with E-state index >= 15 is 0 Å². The first-order valence-electron chi connectivity index (χ1n) is 7.04. The first-order valence-corrected chi connectivity index (χ1v) is 7.79. The molecule has 4 nitrogen and oxygen atoms in total. The molecule has 120 valence electrons. The van der Waals surface area contributed by atoms with Crippen LogP contribution in [0, 0.1) is 0 Å². The Morgan fingerprint density at radius 2 is 1.74 bits per heavy atom. The molecule has 3 rings (SSSR count). The maximum atomic E-state index is 12.1. The van der Waals surface area contributed by atoms with Crippen LogP contribution >= 0.6 is 23.2 Å². The molecule has 0 spiro atoms. The standard InChI is InChI=1S/C17H15Cl2NO3/c1-22-15-6-11-10(9-3-4-12(18)13(19)5-9)7-17(21)20-14(11)8-16(15)23-2/h3-6,8,10H,7H2,1-2H3,(H,20,21)/t10-/m1/s1. The number of hydrogen-bond donors (Lipinski definition) is 1. The van der Waals surface area contributed by atoms with Gasteiger partial charge in [0.15, 0.2) is 11.5 Å². The largest absolute Gasteiger partial charge is 0.493 e. The van der Waals surface area contributed by atoms with E-state index in [4.69, 9.17) is 32.7 Å². The SMILES string of the molecule is COc1cc2c(cc1OC)[C@@H](c1ccc(Cl)c(Cl)c1)CC(=O)N2. The summed E-state index contributed by atoms with van der Waals surface area (Å²) in [5, 5.41) is 3.84. The number of nitrogens with one attached hydrogen (secondary N) is 1. The number of carbonyl (C=O) groups excluding carboxylic acids is 1. The van der Waals surface area contributed by atoms with E-state index < -0.39 is 0 Å². The number of amides is 1. The highest BCUT2D eigenvalue weighted by Crippen LogP contribution is 2.43. The predicted molar refractivity (Wildman–Crippen MR) is 91.1 cm³/mol. The Hall–Kier alpha value is -1.91. The molecule has 0 unspecified atom stereocenters. The molecule has 1 amide bonds. The van der Waals surface area contributed by atoms with Gasteiger partial charge in [0.05, 0.1) is 24.3 Å². The summed E-state index contributed by atoms with van der Waals surface area (Å²) in [6, 6.07) is 9.09. The third kappa shape index (κ3) is 2.96. The second-order valence-electron chi connectivity index (χ2n) is 5.27. The first kappa shape index (κ1) is 16.0. The smallest absolute Gasteiger partial charge is 0.225 e. The van der Waals surface area contributed by atoms with E-state index in [1.807, 2.05) is 12.1 Å². The van der Waals surface area contributed by atoms with Crippen LogP contribution in [0.4, 0.5) is 5.69 Å². The van der Waals surface area contributed by atoms with Gasteiger partial charge in [-0.1, -0.05) is 29.3 Å². The molecule has 2 aromatic rings. The Labute approximate surface area is 144 Å². The lowest BCUT2D eigenvalue weighted by Gasteiger charge is -2.27. The van der Waals surface area contributed by atoms with Gasteiger partial charge in [0.1, 0.15) is 0 Å². The van der Waals surface area contributed by atoms with Crippen LogP contribution in [0.15, 0.2) is 30.3 Å². The van der Waals surface area contributed by atoms with E-state index in [2.05, 4.69) is 5.32 Å². The number of anilines is 1. The number of methoxy groups -OCH3 is 2. The van der Waals surface area contributed by atoms with Crippen molar-refractivity contribution in [1.29, 1.82) is 0 Å². The van der Waals surface area contributed by atoms with Crippen molar-refractivity contribution in [3.63, 3.8) is 0 Å². The molecule has 2 aromatic carbocycles. The van der Waals surface area contributed by atoms with Gasteiger partial charge in [0.25, 0.3) is 0 Å². The van der Waals surface area contributed by atoms with Crippen LogP contribution in [0.5, 0.6) is 11.5 Å². The van der Waals surface area contributed by atoms with Gasteiger partial charge in [-0.05, 0) is 29.3 Å². The Morgan fingerprint density at radius 1 is 1.04 bits per heavy atom. The summed E-state index contributed by atoms with van der Waals surface area (Å²) in [7, 11) is 3.14. The zero-order valence-electron chi connectivity index (χ0n) is 12.7. The number of benzene rings is 2. The molecule has 1 aliphatic heterocycles. The van der Waals surface area contributed by atoms with Crippen LogP contribution < -0.4 is 14.8 Å². The molecule has 1 N–H and O–H groups in total. The van der Waals surface area contributed by atoms with Gasteiger partial charge in [-0.3, -0.25) is 4.79 Å². The van der Waals surface area contributed by atoms with E-state index in [1.54, 1.807) is 32.4 Å². The highest BCUT2D eigenvalue weighted by Gasteiger charge is 2.28. The number of rotatable bonds is 3. The molecule has 1 atom stereocenters. The summed E-state index contributed by atoms with van der Waals surface area (Å²) in [6.45, 7) is 0. The zero-order chi connectivity index (χ0) is 16.6. The molecule has 6 heteroatoms. The summed E-state index contributed by atoms with van der Waals surface area (Å²) in [4.78, 5) is 12.1. The van der Waals surface area contributed by atoms with Gasteiger partial charge >= 0.3 is 0 Å². The molecule has 0 bridgehead atoms. The summed E-state index contributed by atoms with van der Waals surface area (Å²) < 4.78 is 10.7. The van der Waals surface area contributed by atoms with E-state index in [0.717, 1.165) is 16.8 Å². The Balaban J connectivity index is 2.13. The maximum absolute atomic E-state index is 12.1. The number of hydrogen-bond acceptors (Lipinski definition) is 3. The second-order valence-corrected chi connectivity index (χ2v) is 6.09. The van der Waals surface area contributed by atoms with Crippen LogP contribution in [0.25, 0.3) is 0 Å². The number of ether oxygens (including phenoxy) is 2. The van der Waals surface area contributed by atoms with E-state index in [9.17, 15) is 4.79 Å². The molecule has 1 aliphatic rings. The van der Waals surface area contributed by atoms with Gasteiger partial charge in [0.2, 0.25) is 5.91 Å². The Morgan fingerprint density at radius 3 is 2.39 bits per heavy atom. The average Bonchev–Trinajstić information content (AvgIpc) is 2.55. The van der Waals surface area contributed by atoms with Crippen LogP contribution in [-0.2, 0) is 4.79 Å². The lowest BCUT2D eigenvalue weighted by molar-refractivity contribution is -0.116. The summed E-state index contributed by atoms with van der Waals surface area (Å²) in [6.07, 6.45) is 0.334. The van der Waals surface area contributed by atoms with Crippen LogP contribution in [0.1, 0.15) is 23.5 Å². The van der Waals surface area contributed by atoms with E-state index in [-0.39, 0.29) is 11.8 Å². The average molecular weight is 352 g/mol. The molecule has 0 fully saturated rings. The van der Waals surface area contributed by atoms with Crippen LogP contribution in [-0.4, -0.2) is 20.1 Å². The molecule has 1 heterocycles. The van der Waals surface area contributed by atoms with Crippen molar-refractivity contribution in [2.75, 3.05) is 19.5 Å². The molecule has 0 saturated heterocycles. The van der Waals surface area contributed by atoms with Crippen molar-refractivity contribution in [3.8, 4) is 11.5 Å². The molecular weight excluding hydrogens is 337 g/mol. The van der Waals surface area contributed by atoms with Gasteiger partial charge in [-0.15, -0.1) is 0 Å². The third-order valence-electron chi connectivity index (χ3n) is 3.94. The fourth-order valence-corrected chi connectivity index (χ4v) is 3.12. The molecule has 0 saturated carbocycles.